The van der Waals surface area contributed by atoms with Gasteiger partial charge in [0, 0.05) is 6.42 Å². The van der Waals surface area contributed by atoms with Gasteiger partial charge in [-0.1, -0.05) is 50.3 Å². The summed E-state index contributed by atoms with van der Waals surface area (Å²) in [6.07, 6.45) is 18.1. The van der Waals surface area contributed by atoms with Crippen LogP contribution in [0.25, 0.3) is 0 Å². The quantitative estimate of drug-likeness (QED) is 0.408. The van der Waals surface area contributed by atoms with E-state index in [-0.39, 0.29) is 0 Å². The van der Waals surface area contributed by atoms with Gasteiger partial charge in [0.25, 0.3) is 0 Å². The normalized spacial score (nSPS) is 37.4. The topological polar surface area (TPSA) is 60.7 Å². The first kappa shape index (κ1) is 25.5. The maximum absolute atomic E-state index is 10.1. The van der Waals surface area contributed by atoms with Gasteiger partial charge >= 0.3 is 0 Å². The lowest BCUT2D eigenvalue weighted by atomic mass is 9.60. The Morgan fingerprint density at radius 3 is 2.66 bits per heavy atom. The Balaban J connectivity index is 1.65. The lowest BCUT2D eigenvalue weighted by molar-refractivity contribution is 0.0835. The summed E-state index contributed by atoms with van der Waals surface area (Å²) in [7, 11) is 0. The molecule has 0 bridgehead atoms. The second-order valence-electron chi connectivity index (χ2n) is 11.7. The molecule has 0 aromatic rings. The van der Waals surface area contributed by atoms with E-state index in [1.807, 2.05) is 13.8 Å². The highest BCUT2D eigenvalue weighted by Gasteiger charge is 2.50. The Labute approximate surface area is 196 Å². The van der Waals surface area contributed by atoms with Crippen LogP contribution in [0.15, 0.2) is 47.6 Å². The first-order valence-corrected chi connectivity index (χ1v) is 12.8. The van der Waals surface area contributed by atoms with Crippen LogP contribution >= 0.6 is 0 Å². The molecule has 0 aromatic carbocycles. The van der Waals surface area contributed by atoms with Gasteiger partial charge in [-0.3, -0.25) is 0 Å². The molecule has 3 rings (SSSR count). The van der Waals surface area contributed by atoms with Gasteiger partial charge in [-0.2, -0.15) is 0 Å². The summed E-state index contributed by atoms with van der Waals surface area (Å²) in [4.78, 5) is 0. The van der Waals surface area contributed by atoms with Crippen LogP contribution in [0.2, 0.25) is 0 Å². The summed E-state index contributed by atoms with van der Waals surface area (Å²) in [5.74, 6) is 2.12. The lowest BCUT2D eigenvalue weighted by Crippen LogP contribution is -2.36. The van der Waals surface area contributed by atoms with Crippen molar-refractivity contribution in [3.8, 4) is 0 Å². The van der Waals surface area contributed by atoms with Crippen LogP contribution < -0.4 is 0 Å². The monoisotopic (exact) mass is 442 g/mol. The molecule has 0 spiro atoms. The van der Waals surface area contributed by atoms with Gasteiger partial charge < -0.3 is 15.3 Å². The first-order valence-electron chi connectivity index (χ1n) is 12.8. The van der Waals surface area contributed by atoms with E-state index in [1.54, 1.807) is 5.57 Å². The van der Waals surface area contributed by atoms with Crippen molar-refractivity contribution < 1.29 is 15.3 Å². The Morgan fingerprint density at radius 1 is 1.19 bits per heavy atom. The maximum atomic E-state index is 10.1. The summed E-state index contributed by atoms with van der Waals surface area (Å²) < 4.78 is 0. The van der Waals surface area contributed by atoms with E-state index in [2.05, 4.69) is 44.7 Å². The number of hydrogen-bond acceptors (Lipinski definition) is 3. The fourth-order valence-corrected chi connectivity index (χ4v) is 6.73. The molecule has 0 aliphatic heterocycles. The summed E-state index contributed by atoms with van der Waals surface area (Å²) >= 11 is 0. The van der Waals surface area contributed by atoms with Crippen molar-refractivity contribution in [2.24, 2.45) is 23.2 Å². The second-order valence-corrected chi connectivity index (χ2v) is 11.7. The second kappa shape index (κ2) is 10.4. The fraction of sp³-hybridized carbons (Fsp3) is 0.724. The molecular weight excluding hydrogens is 396 g/mol. The first-order chi connectivity index (χ1) is 15.0. The van der Waals surface area contributed by atoms with E-state index < -0.39 is 17.8 Å². The van der Waals surface area contributed by atoms with Crippen molar-refractivity contribution in [1.82, 2.24) is 0 Å². The maximum Gasteiger partial charge on any atom is 0.0811 e. The van der Waals surface area contributed by atoms with Gasteiger partial charge in [-0.05, 0) is 106 Å². The van der Waals surface area contributed by atoms with Crippen molar-refractivity contribution in [3.05, 3.63) is 47.6 Å². The van der Waals surface area contributed by atoms with Crippen molar-refractivity contribution in [2.75, 3.05) is 0 Å². The molecule has 6 atom stereocenters. The zero-order valence-corrected chi connectivity index (χ0v) is 20.8. The molecule has 0 radical (unpaired) electrons. The molecule has 3 aliphatic rings. The van der Waals surface area contributed by atoms with E-state index in [0.29, 0.717) is 30.1 Å². The third-order valence-electron chi connectivity index (χ3n) is 8.56. The Morgan fingerprint density at radius 2 is 1.94 bits per heavy atom. The minimum Gasteiger partial charge on any atom is -0.393 e. The largest absolute Gasteiger partial charge is 0.393 e. The number of rotatable bonds is 7. The van der Waals surface area contributed by atoms with Crippen LogP contribution in [0.1, 0.15) is 91.9 Å². The van der Waals surface area contributed by atoms with Crippen molar-refractivity contribution in [3.63, 3.8) is 0 Å². The Hall–Kier alpha value is -1.16. The Bertz CT molecular complexity index is 753. The molecule has 0 heterocycles. The predicted octanol–water partition coefficient (Wildman–Crippen LogP) is 6.26. The van der Waals surface area contributed by atoms with Gasteiger partial charge in [0.1, 0.15) is 0 Å². The fourth-order valence-electron chi connectivity index (χ4n) is 6.73. The molecule has 0 saturated heterocycles. The highest BCUT2D eigenvalue weighted by Crippen LogP contribution is 2.59. The van der Waals surface area contributed by atoms with Gasteiger partial charge in [0.05, 0.1) is 17.8 Å². The summed E-state index contributed by atoms with van der Waals surface area (Å²) in [5, 5.41) is 30.1. The minimum absolute atomic E-state index is 0.376. The molecule has 3 nitrogen and oxygen atoms in total. The average Bonchev–Trinajstić information content (AvgIpc) is 3.06. The number of aliphatic hydroxyl groups excluding tert-OH is 2. The van der Waals surface area contributed by atoms with Crippen LogP contribution in [0.4, 0.5) is 0 Å². The number of hydrogen-bond donors (Lipinski definition) is 3. The highest BCUT2D eigenvalue weighted by molar-refractivity contribution is 5.38. The molecule has 0 amide bonds. The third kappa shape index (κ3) is 6.04. The molecule has 180 valence electrons. The predicted molar refractivity (Wildman–Crippen MR) is 133 cm³/mol. The average molecular weight is 443 g/mol. The third-order valence-corrected chi connectivity index (χ3v) is 8.56. The standard InChI is InChI=1S/C29H46O3/c1-20(10-7-6-8-16-28(3,4)32)25-14-15-26-22(11-9-17-29(25,26)5)12-13-23-18-24(30)19-27(31)21(23)2/h6,8,12-13,20,24-27,30-32H,2,7,9-11,14-19H2,1,3-5H3/b8-6+,22-12+,23-13+/t20-,24-,25-,26+,27+,29-/m1/s1. The molecule has 32 heavy (non-hydrogen) atoms. The zero-order valence-electron chi connectivity index (χ0n) is 20.8. The van der Waals surface area contributed by atoms with Crippen LogP contribution in [0, 0.1) is 23.2 Å². The van der Waals surface area contributed by atoms with E-state index in [9.17, 15) is 15.3 Å². The van der Waals surface area contributed by atoms with E-state index >= 15 is 0 Å². The van der Waals surface area contributed by atoms with Crippen LogP contribution in [0.3, 0.4) is 0 Å². The molecule has 3 aliphatic carbocycles. The summed E-state index contributed by atoms with van der Waals surface area (Å²) in [6.45, 7) is 12.8. The SMILES string of the molecule is C=C1/C(=C/C=C2\CCC[C@]3(C)[C@@H]([C@H](C)CC/C=C/CC(C)(C)O)CC[C@@H]23)C[C@@H](O)C[C@@H]1O. The van der Waals surface area contributed by atoms with E-state index in [0.717, 1.165) is 29.9 Å². The van der Waals surface area contributed by atoms with Gasteiger partial charge in [-0.15, -0.1) is 0 Å². The van der Waals surface area contributed by atoms with Crippen LogP contribution in [-0.4, -0.2) is 33.1 Å². The van der Waals surface area contributed by atoms with Crippen LogP contribution in [0.5, 0.6) is 0 Å². The highest BCUT2D eigenvalue weighted by atomic mass is 16.3. The molecule has 3 N–H and O–H groups in total. The van der Waals surface area contributed by atoms with Crippen molar-refractivity contribution >= 4 is 0 Å². The van der Waals surface area contributed by atoms with Gasteiger partial charge in [-0.25, -0.2) is 0 Å². The lowest BCUT2D eigenvalue weighted by Gasteiger charge is -2.44. The zero-order chi connectivity index (χ0) is 23.5. The van der Waals surface area contributed by atoms with E-state index in [4.69, 9.17) is 0 Å². The van der Waals surface area contributed by atoms with Crippen molar-refractivity contribution in [2.45, 2.75) is 110 Å². The van der Waals surface area contributed by atoms with Gasteiger partial charge in [0.15, 0.2) is 0 Å². The molecule has 0 unspecified atom stereocenters. The number of aliphatic hydroxyl groups is 3. The molecule has 3 heteroatoms. The summed E-state index contributed by atoms with van der Waals surface area (Å²) in [6, 6.07) is 0. The molecule has 3 saturated carbocycles. The van der Waals surface area contributed by atoms with Gasteiger partial charge in [0.2, 0.25) is 0 Å². The summed E-state index contributed by atoms with van der Waals surface area (Å²) in [5.41, 5.74) is 3.11. The van der Waals surface area contributed by atoms with Crippen LogP contribution in [-0.2, 0) is 0 Å². The van der Waals surface area contributed by atoms with E-state index in [1.165, 1.54) is 38.5 Å². The number of fused-ring (bicyclic) bond motifs is 1. The Kier molecular flexibility index (Phi) is 8.28. The molecular formula is C29H46O3. The smallest absolute Gasteiger partial charge is 0.0811 e. The number of allylic oxidation sites excluding steroid dienone is 4. The molecule has 0 aromatic heterocycles. The minimum atomic E-state index is -0.616. The molecule has 3 fully saturated rings. The van der Waals surface area contributed by atoms with Crippen molar-refractivity contribution in [1.29, 1.82) is 0 Å².